The molecule has 2 amide bonds. The highest BCUT2D eigenvalue weighted by molar-refractivity contribution is 7.99. The van der Waals surface area contributed by atoms with Crippen LogP contribution in [0.25, 0.3) is 0 Å². The molecule has 0 spiro atoms. The van der Waals surface area contributed by atoms with Crippen molar-refractivity contribution < 1.29 is 14.0 Å². The fraction of sp³-hybridized carbons (Fsp3) is 0.455. The SMILES string of the molecule is NC(=O)CC1C(=O)N(CCCCCCc2ccc(Cl)cc2)C1SCc1ccco1. The Morgan fingerprint density at radius 2 is 1.90 bits per heavy atom. The van der Waals surface area contributed by atoms with Crippen LogP contribution >= 0.6 is 23.4 Å². The van der Waals surface area contributed by atoms with Crippen molar-refractivity contribution in [2.24, 2.45) is 11.7 Å². The molecule has 2 aromatic rings. The molecule has 1 saturated heterocycles. The zero-order valence-corrected chi connectivity index (χ0v) is 18.0. The van der Waals surface area contributed by atoms with Gasteiger partial charge in [-0.05, 0) is 49.1 Å². The zero-order chi connectivity index (χ0) is 20.6. The van der Waals surface area contributed by atoms with Gasteiger partial charge < -0.3 is 15.1 Å². The fourth-order valence-corrected chi connectivity index (χ4v) is 5.08. The molecular formula is C22H27ClN2O3S. The van der Waals surface area contributed by atoms with E-state index in [2.05, 4.69) is 12.1 Å². The van der Waals surface area contributed by atoms with E-state index in [1.165, 1.54) is 5.56 Å². The van der Waals surface area contributed by atoms with Crippen molar-refractivity contribution in [2.45, 2.75) is 49.7 Å². The molecule has 156 valence electrons. The van der Waals surface area contributed by atoms with Crippen LogP contribution in [0.15, 0.2) is 47.1 Å². The van der Waals surface area contributed by atoms with Gasteiger partial charge in [0.25, 0.3) is 0 Å². The Bertz CT molecular complexity index is 795. The van der Waals surface area contributed by atoms with E-state index >= 15 is 0 Å². The third kappa shape index (κ3) is 6.28. The number of thioether (sulfide) groups is 1. The summed E-state index contributed by atoms with van der Waals surface area (Å²) in [7, 11) is 0. The van der Waals surface area contributed by atoms with Crippen molar-refractivity contribution >= 4 is 35.2 Å². The maximum Gasteiger partial charge on any atom is 0.230 e. The second kappa shape index (κ2) is 10.7. The monoisotopic (exact) mass is 434 g/mol. The number of halogens is 1. The minimum absolute atomic E-state index is 0.00540. The van der Waals surface area contributed by atoms with Crippen molar-refractivity contribution in [3.05, 3.63) is 59.0 Å². The minimum atomic E-state index is -0.422. The highest BCUT2D eigenvalue weighted by Crippen LogP contribution is 2.39. The molecule has 2 unspecified atom stereocenters. The van der Waals surface area contributed by atoms with Gasteiger partial charge in [-0.2, -0.15) is 0 Å². The number of β-lactam (4-membered cyclic amide) rings is 1. The molecule has 29 heavy (non-hydrogen) atoms. The summed E-state index contributed by atoms with van der Waals surface area (Å²) in [5.41, 5.74) is 6.63. The Kier molecular flexibility index (Phi) is 8.07. The second-order valence-electron chi connectivity index (χ2n) is 7.38. The Morgan fingerprint density at radius 3 is 2.59 bits per heavy atom. The number of nitrogens with zero attached hydrogens (tertiary/aromatic N) is 1. The van der Waals surface area contributed by atoms with Gasteiger partial charge in [0.15, 0.2) is 0 Å². The number of aryl methyl sites for hydroxylation is 1. The highest BCUT2D eigenvalue weighted by Gasteiger charge is 2.47. The smallest absolute Gasteiger partial charge is 0.230 e. The normalized spacial score (nSPS) is 18.7. The molecule has 3 rings (SSSR count). The Hall–Kier alpha value is -1.92. The third-order valence-electron chi connectivity index (χ3n) is 5.18. The Morgan fingerprint density at radius 1 is 1.14 bits per heavy atom. The van der Waals surface area contributed by atoms with Gasteiger partial charge in [-0.15, -0.1) is 11.8 Å². The number of unbranched alkanes of at least 4 members (excludes halogenated alkanes) is 3. The van der Waals surface area contributed by atoms with Crippen LogP contribution in [0.4, 0.5) is 0 Å². The summed E-state index contributed by atoms with van der Waals surface area (Å²) < 4.78 is 5.38. The molecule has 2 atom stereocenters. The lowest BCUT2D eigenvalue weighted by molar-refractivity contribution is -0.152. The molecule has 5 nitrogen and oxygen atoms in total. The topological polar surface area (TPSA) is 76.5 Å². The average Bonchev–Trinajstić information content (AvgIpc) is 3.22. The van der Waals surface area contributed by atoms with Crippen molar-refractivity contribution in [3.8, 4) is 0 Å². The quantitative estimate of drug-likeness (QED) is 0.390. The number of carbonyl (C=O) groups is 2. The summed E-state index contributed by atoms with van der Waals surface area (Å²) in [5.74, 6) is 0.861. The molecule has 0 saturated carbocycles. The van der Waals surface area contributed by atoms with Gasteiger partial charge in [0, 0.05) is 18.0 Å². The lowest BCUT2D eigenvalue weighted by atomic mass is 9.93. The number of primary amides is 1. The molecule has 0 aliphatic carbocycles. The molecular weight excluding hydrogens is 408 g/mol. The van der Waals surface area contributed by atoms with E-state index in [-0.39, 0.29) is 23.6 Å². The molecule has 1 aromatic heterocycles. The maximum atomic E-state index is 12.5. The number of nitrogens with two attached hydrogens (primary N) is 1. The van der Waals surface area contributed by atoms with E-state index in [0.717, 1.165) is 49.4 Å². The summed E-state index contributed by atoms with van der Waals surface area (Å²) >= 11 is 7.55. The van der Waals surface area contributed by atoms with Gasteiger partial charge >= 0.3 is 0 Å². The number of hydrogen-bond donors (Lipinski definition) is 1. The van der Waals surface area contributed by atoms with Gasteiger partial charge in [-0.1, -0.05) is 36.6 Å². The van der Waals surface area contributed by atoms with Gasteiger partial charge in [-0.25, -0.2) is 0 Å². The van der Waals surface area contributed by atoms with Crippen LogP contribution in [0.2, 0.25) is 5.02 Å². The van der Waals surface area contributed by atoms with Gasteiger partial charge in [0.05, 0.1) is 23.3 Å². The number of rotatable bonds is 12. The zero-order valence-electron chi connectivity index (χ0n) is 16.4. The summed E-state index contributed by atoms with van der Waals surface area (Å²) in [6, 6.07) is 11.8. The first-order chi connectivity index (χ1) is 14.0. The average molecular weight is 435 g/mol. The van der Waals surface area contributed by atoms with E-state index in [1.807, 2.05) is 29.2 Å². The number of amides is 2. The summed E-state index contributed by atoms with van der Waals surface area (Å²) in [6.45, 7) is 0.727. The van der Waals surface area contributed by atoms with Crippen LogP contribution in [-0.2, 0) is 21.8 Å². The van der Waals surface area contributed by atoms with Crippen LogP contribution in [0.5, 0.6) is 0 Å². The summed E-state index contributed by atoms with van der Waals surface area (Å²) in [4.78, 5) is 25.7. The van der Waals surface area contributed by atoms with Gasteiger partial charge in [0.2, 0.25) is 11.8 Å². The van der Waals surface area contributed by atoms with Crippen LogP contribution in [0.1, 0.15) is 43.4 Å². The van der Waals surface area contributed by atoms with Crippen molar-refractivity contribution in [2.75, 3.05) is 6.54 Å². The standard InChI is InChI=1S/C22H27ClN2O3S/c23-17-10-8-16(9-11-17)6-3-1-2-4-12-25-21(27)19(14-20(24)26)22(25)29-15-18-7-5-13-28-18/h5,7-11,13,19,22H,1-4,6,12,14-15H2,(H2,24,26). The highest BCUT2D eigenvalue weighted by atomic mass is 35.5. The molecule has 0 radical (unpaired) electrons. The lowest BCUT2D eigenvalue weighted by Gasteiger charge is -2.46. The van der Waals surface area contributed by atoms with E-state index in [9.17, 15) is 9.59 Å². The molecule has 1 fully saturated rings. The molecule has 2 heterocycles. The largest absolute Gasteiger partial charge is 0.468 e. The first kappa shape index (κ1) is 21.8. The van der Waals surface area contributed by atoms with Crippen LogP contribution in [0.3, 0.4) is 0 Å². The molecule has 1 aliphatic rings. The van der Waals surface area contributed by atoms with E-state index in [4.69, 9.17) is 21.8 Å². The fourth-order valence-electron chi connectivity index (χ4n) is 3.62. The van der Waals surface area contributed by atoms with E-state index < -0.39 is 5.91 Å². The number of hydrogen-bond acceptors (Lipinski definition) is 4. The first-order valence-corrected chi connectivity index (χ1v) is 11.4. The van der Waals surface area contributed by atoms with Crippen molar-refractivity contribution in [1.82, 2.24) is 4.90 Å². The van der Waals surface area contributed by atoms with E-state index in [0.29, 0.717) is 5.75 Å². The molecule has 0 bridgehead atoms. The predicted molar refractivity (Wildman–Crippen MR) is 116 cm³/mol. The lowest BCUT2D eigenvalue weighted by Crippen LogP contribution is -2.60. The predicted octanol–water partition coefficient (Wildman–Crippen LogP) is 4.63. The van der Waals surface area contributed by atoms with Gasteiger partial charge in [0.1, 0.15) is 5.76 Å². The van der Waals surface area contributed by atoms with Crippen molar-refractivity contribution in [3.63, 3.8) is 0 Å². The molecule has 2 N–H and O–H groups in total. The third-order valence-corrected chi connectivity index (χ3v) is 6.80. The Balaban J connectivity index is 1.39. The van der Waals surface area contributed by atoms with Crippen molar-refractivity contribution in [1.29, 1.82) is 0 Å². The second-order valence-corrected chi connectivity index (χ2v) is 8.92. The van der Waals surface area contributed by atoms with Crippen LogP contribution < -0.4 is 5.73 Å². The van der Waals surface area contributed by atoms with Crippen LogP contribution in [0, 0.1) is 5.92 Å². The number of carbonyl (C=O) groups excluding carboxylic acids is 2. The minimum Gasteiger partial charge on any atom is -0.468 e. The molecule has 7 heteroatoms. The number of benzene rings is 1. The summed E-state index contributed by atoms with van der Waals surface area (Å²) in [5, 5.41) is 0.760. The van der Waals surface area contributed by atoms with E-state index in [1.54, 1.807) is 18.0 Å². The first-order valence-electron chi connectivity index (χ1n) is 10.0. The molecule has 1 aromatic carbocycles. The number of furan rings is 1. The van der Waals surface area contributed by atoms with Crippen LogP contribution in [-0.4, -0.2) is 28.6 Å². The number of likely N-dealkylation sites (tertiary alicyclic amines) is 1. The van der Waals surface area contributed by atoms with Gasteiger partial charge in [-0.3, -0.25) is 9.59 Å². The summed E-state index contributed by atoms with van der Waals surface area (Å²) in [6.07, 6.45) is 7.09. The molecule has 1 aliphatic heterocycles. The Labute approximate surface area is 181 Å². The maximum absolute atomic E-state index is 12.5.